The number of aliphatic hydroxyl groups is 1. The van der Waals surface area contributed by atoms with Gasteiger partial charge in [-0.1, -0.05) is 33.8 Å². The van der Waals surface area contributed by atoms with Gasteiger partial charge in [-0.15, -0.1) is 12.4 Å². The number of carbonyl (C=O) groups is 2. The van der Waals surface area contributed by atoms with Crippen molar-refractivity contribution in [2.24, 2.45) is 29.4 Å². The van der Waals surface area contributed by atoms with E-state index in [-0.39, 0.29) is 54.9 Å². The van der Waals surface area contributed by atoms with Crippen molar-refractivity contribution in [2.75, 3.05) is 41.5 Å². The van der Waals surface area contributed by atoms with Crippen LogP contribution in [0.3, 0.4) is 0 Å². The first-order valence-electron chi connectivity index (χ1n) is 14.5. The number of rotatable bonds is 19. The quantitative estimate of drug-likeness (QED) is 0.204. The Bertz CT molecular complexity index is 899. The molecule has 0 aromatic heterocycles. The Labute approximate surface area is 254 Å². The number of nitrogens with zero attached hydrogens (tertiary/aromatic N) is 1. The van der Waals surface area contributed by atoms with Crippen LogP contribution in [0.25, 0.3) is 0 Å². The third kappa shape index (κ3) is 14.1. The highest BCUT2D eigenvalue weighted by Crippen LogP contribution is 2.31. The van der Waals surface area contributed by atoms with Gasteiger partial charge in [0.1, 0.15) is 0 Å². The zero-order valence-corrected chi connectivity index (χ0v) is 27.5. The largest absolute Gasteiger partial charge is 0.493 e. The number of hydrogen-bond donors (Lipinski definition) is 3. The number of carbonyl (C=O) groups excluding carboxylic acids is 2. The van der Waals surface area contributed by atoms with Crippen LogP contribution >= 0.6 is 12.4 Å². The number of halogens is 1. The van der Waals surface area contributed by atoms with E-state index in [9.17, 15) is 14.7 Å². The molecule has 238 valence electrons. The van der Waals surface area contributed by atoms with E-state index >= 15 is 0 Å². The van der Waals surface area contributed by atoms with Gasteiger partial charge in [-0.05, 0) is 61.6 Å². The molecule has 0 saturated heterocycles. The van der Waals surface area contributed by atoms with Crippen LogP contribution in [-0.2, 0) is 20.7 Å². The molecule has 0 spiro atoms. The van der Waals surface area contributed by atoms with Crippen molar-refractivity contribution in [1.82, 2.24) is 10.2 Å². The highest BCUT2D eigenvalue weighted by molar-refractivity contribution is 5.85. The van der Waals surface area contributed by atoms with Gasteiger partial charge in [-0.25, -0.2) is 0 Å². The van der Waals surface area contributed by atoms with Gasteiger partial charge in [-0.2, -0.15) is 0 Å². The lowest BCUT2D eigenvalue weighted by molar-refractivity contribution is -0.130. The van der Waals surface area contributed by atoms with Gasteiger partial charge >= 0.3 is 0 Å². The van der Waals surface area contributed by atoms with E-state index in [4.69, 9.17) is 19.9 Å². The second-order valence-electron chi connectivity index (χ2n) is 11.8. The van der Waals surface area contributed by atoms with E-state index in [0.717, 1.165) is 18.4 Å². The first-order chi connectivity index (χ1) is 18.8. The molecular formula is C31H56ClN3O6. The van der Waals surface area contributed by atoms with Gasteiger partial charge < -0.3 is 35.3 Å². The molecule has 5 atom stereocenters. The molecule has 1 rings (SSSR count). The van der Waals surface area contributed by atoms with Crippen molar-refractivity contribution < 1.29 is 28.9 Å². The molecule has 1 aromatic rings. The number of benzene rings is 1. The van der Waals surface area contributed by atoms with Crippen LogP contribution in [0, 0.1) is 23.7 Å². The standard InChI is InChI=1S/C31H55N3O6.ClH/c1-20(2)24(16-23-11-12-28(39-9)29(17-23)40-14-10-13-38-8)18-26(32)27(35)19-25(21(3)4)31(37)33-22(5)15-30(36)34(6)7;/h11-12,17,20-22,24-27,35H,10,13-16,18-19,32H2,1-9H3,(H,33,37);1H/t22-,24+,25+,26+,27+;/m1./s1. The lowest BCUT2D eigenvalue weighted by Crippen LogP contribution is -2.45. The highest BCUT2D eigenvalue weighted by Gasteiger charge is 2.30. The maximum Gasteiger partial charge on any atom is 0.224 e. The Hall–Kier alpha value is -2.07. The summed E-state index contributed by atoms with van der Waals surface area (Å²) in [7, 11) is 6.69. The Morgan fingerprint density at radius 2 is 1.66 bits per heavy atom. The number of hydrogen-bond acceptors (Lipinski definition) is 7. The third-order valence-corrected chi connectivity index (χ3v) is 7.49. The lowest BCUT2D eigenvalue weighted by Gasteiger charge is -2.30. The van der Waals surface area contributed by atoms with Crippen LogP contribution in [0.4, 0.5) is 0 Å². The van der Waals surface area contributed by atoms with Crippen LogP contribution in [0.5, 0.6) is 11.5 Å². The van der Waals surface area contributed by atoms with Crippen molar-refractivity contribution >= 4 is 24.2 Å². The number of nitrogens with one attached hydrogen (secondary N) is 1. The molecule has 0 unspecified atom stereocenters. The molecule has 0 aliphatic rings. The van der Waals surface area contributed by atoms with Crippen molar-refractivity contribution in [3.63, 3.8) is 0 Å². The minimum absolute atomic E-state index is 0. The molecular weight excluding hydrogens is 546 g/mol. The summed E-state index contributed by atoms with van der Waals surface area (Å²) in [6.07, 6.45) is 1.86. The topological polar surface area (TPSA) is 123 Å². The predicted octanol–water partition coefficient (Wildman–Crippen LogP) is 4.07. The van der Waals surface area contributed by atoms with Crippen molar-refractivity contribution in [3.05, 3.63) is 23.8 Å². The van der Waals surface area contributed by atoms with E-state index in [1.807, 2.05) is 39.0 Å². The molecule has 9 nitrogen and oxygen atoms in total. The average molecular weight is 602 g/mol. The summed E-state index contributed by atoms with van der Waals surface area (Å²) in [4.78, 5) is 26.6. The first-order valence-corrected chi connectivity index (χ1v) is 14.5. The molecule has 0 bridgehead atoms. The second-order valence-corrected chi connectivity index (χ2v) is 11.8. The van der Waals surface area contributed by atoms with E-state index in [2.05, 4.69) is 19.2 Å². The van der Waals surface area contributed by atoms with Gasteiger partial charge in [0.2, 0.25) is 11.8 Å². The molecule has 0 saturated carbocycles. The van der Waals surface area contributed by atoms with Gasteiger partial charge in [0.05, 0.1) is 19.8 Å². The maximum atomic E-state index is 13.1. The molecule has 0 radical (unpaired) electrons. The number of nitrogens with two attached hydrogens (primary N) is 1. The molecule has 0 fully saturated rings. The number of aliphatic hydroxyl groups excluding tert-OH is 1. The van der Waals surface area contributed by atoms with Gasteiger partial charge in [-0.3, -0.25) is 9.59 Å². The normalized spacial score (nSPS) is 15.0. The SMILES string of the molecule is COCCCOc1cc(C[C@@H](C[C@H](N)[C@@H](O)C[C@H](C(=O)N[C@H](C)CC(=O)N(C)C)C(C)C)C(C)C)ccc1OC.Cl. The Balaban J connectivity index is 0.0000160. The van der Waals surface area contributed by atoms with Crippen molar-refractivity contribution in [1.29, 1.82) is 0 Å². The molecule has 10 heteroatoms. The summed E-state index contributed by atoms with van der Waals surface area (Å²) in [5.74, 6) is 1.36. The number of ether oxygens (including phenoxy) is 3. The predicted molar refractivity (Wildman–Crippen MR) is 167 cm³/mol. The van der Waals surface area contributed by atoms with E-state index < -0.39 is 18.1 Å². The van der Waals surface area contributed by atoms with E-state index in [1.54, 1.807) is 28.3 Å². The summed E-state index contributed by atoms with van der Waals surface area (Å²) >= 11 is 0. The molecule has 0 heterocycles. The van der Waals surface area contributed by atoms with Crippen molar-refractivity contribution in [3.8, 4) is 11.5 Å². The Morgan fingerprint density at radius 3 is 2.20 bits per heavy atom. The summed E-state index contributed by atoms with van der Waals surface area (Å²) in [5.41, 5.74) is 7.65. The van der Waals surface area contributed by atoms with E-state index in [1.165, 1.54) is 4.90 Å². The van der Waals surface area contributed by atoms with Gasteiger partial charge in [0, 0.05) is 58.7 Å². The van der Waals surface area contributed by atoms with Crippen LogP contribution in [0.2, 0.25) is 0 Å². The Morgan fingerprint density at radius 1 is 1.00 bits per heavy atom. The summed E-state index contributed by atoms with van der Waals surface area (Å²) in [6.45, 7) is 11.2. The number of methoxy groups -OCH3 is 2. The zero-order valence-electron chi connectivity index (χ0n) is 26.6. The molecule has 0 aliphatic heterocycles. The van der Waals surface area contributed by atoms with Crippen LogP contribution in [0.15, 0.2) is 18.2 Å². The average Bonchev–Trinajstić information content (AvgIpc) is 2.88. The third-order valence-electron chi connectivity index (χ3n) is 7.49. The molecule has 0 aliphatic carbocycles. The first kappa shape index (κ1) is 38.9. The number of amides is 2. The van der Waals surface area contributed by atoms with Gasteiger partial charge in [0.25, 0.3) is 0 Å². The van der Waals surface area contributed by atoms with Crippen LogP contribution in [0.1, 0.15) is 65.9 Å². The van der Waals surface area contributed by atoms with Crippen LogP contribution in [-0.4, -0.2) is 81.5 Å². The van der Waals surface area contributed by atoms with Crippen LogP contribution < -0.4 is 20.5 Å². The minimum Gasteiger partial charge on any atom is -0.493 e. The minimum atomic E-state index is -0.825. The molecule has 1 aromatic carbocycles. The van der Waals surface area contributed by atoms with Gasteiger partial charge in [0.15, 0.2) is 11.5 Å². The monoisotopic (exact) mass is 601 g/mol. The smallest absolute Gasteiger partial charge is 0.224 e. The second kappa shape index (κ2) is 19.9. The lowest BCUT2D eigenvalue weighted by atomic mass is 9.80. The Kier molecular flexibility index (Phi) is 18.9. The van der Waals surface area contributed by atoms with Crippen molar-refractivity contribution in [2.45, 2.75) is 84.9 Å². The van der Waals surface area contributed by atoms with E-state index in [0.29, 0.717) is 37.1 Å². The fourth-order valence-corrected chi connectivity index (χ4v) is 4.71. The zero-order chi connectivity index (χ0) is 30.4. The summed E-state index contributed by atoms with van der Waals surface area (Å²) in [5, 5.41) is 14.0. The summed E-state index contributed by atoms with van der Waals surface area (Å²) < 4.78 is 16.5. The molecule has 4 N–H and O–H groups in total. The fraction of sp³-hybridized carbons (Fsp3) is 0.742. The maximum absolute atomic E-state index is 13.1. The summed E-state index contributed by atoms with van der Waals surface area (Å²) in [6, 6.07) is 5.21. The fourth-order valence-electron chi connectivity index (χ4n) is 4.71. The molecule has 41 heavy (non-hydrogen) atoms. The molecule has 2 amide bonds. The highest BCUT2D eigenvalue weighted by atomic mass is 35.5.